The Hall–Kier alpha value is -1.14. The maximum atomic E-state index is 12.9. The maximum Gasteiger partial charge on any atom is 0.242 e. The minimum Gasteiger partial charge on any atom is -0.398 e. The van der Waals surface area contributed by atoms with Gasteiger partial charge in [0.2, 0.25) is 10.0 Å². The Morgan fingerprint density at radius 1 is 1.32 bits per heavy atom. The van der Waals surface area contributed by atoms with Crippen molar-refractivity contribution in [2.45, 2.75) is 37.0 Å². The number of halogens is 1. The van der Waals surface area contributed by atoms with Crippen LogP contribution in [-0.2, 0) is 10.0 Å². The van der Waals surface area contributed by atoms with Crippen LogP contribution in [0.5, 0.6) is 0 Å². The molecule has 0 radical (unpaired) electrons. The van der Waals surface area contributed by atoms with Crippen molar-refractivity contribution < 1.29 is 12.8 Å². The van der Waals surface area contributed by atoms with Crippen molar-refractivity contribution in [2.75, 3.05) is 12.3 Å². The van der Waals surface area contributed by atoms with Crippen LogP contribution in [0.4, 0.5) is 10.1 Å². The van der Waals surface area contributed by atoms with Gasteiger partial charge in [-0.2, -0.15) is 0 Å². The molecule has 0 amide bonds. The molecular formula is C13H19FN2O2S. The monoisotopic (exact) mass is 286 g/mol. The summed E-state index contributed by atoms with van der Waals surface area (Å²) >= 11 is 0. The molecule has 1 aliphatic rings. The summed E-state index contributed by atoms with van der Waals surface area (Å²) in [6.07, 6.45) is 5.69. The molecule has 4 nitrogen and oxygen atoms in total. The topological polar surface area (TPSA) is 72.2 Å². The van der Waals surface area contributed by atoms with Crippen LogP contribution in [0, 0.1) is 11.7 Å². The van der Waals surface area contributed by atoms with E-state index in [2.05, 4.69) is 4.72 Å². The molecule has 106 valence electrons. The lowest BCUT2D eigenvalue weighted by atomic mass is 10.1. The molecule has 1 aliphatic carbocycles. The fourth-order valence-electron chi connectivity index (χ4n) is 2.54. The first-order valence-corrected chi connectivity index (χ1v) is 8.02. The molecule has 6 heteroatoms. The van der Waals surface area contributed by atoms with E-state index in [1.54, 1.807) is 0 Å². The molecule has 2 rings (SSSR count). The molecule has 0 aliphatic heterocycles. The number of sulfonamides is 1. The van der Waals surface area contributed by atoms with Gasteiger partial charge in [0.1, 0.15) is 10.7 Å². The van der Waals surface area contributed by atoms with E-state index in [0.29, 0.717) is 12.5 Å². The fraction of sp³-hybridized carbons (Fsp3) is 0.538. The number of rotatable bonds is 5. The quantitative estimate of drug-likeness (QED) is 0.816. The van der Waals surface area contributed by atoms with E-state index < -0.39 is 15.8 Å². The van der Waals surface area contributed by atoms with Crippen LogP contribution >= 0.6 is 0 Å². The third-order valence-corrected chi connectivity index (χ3v) is 5.12. The van der Waals surface area contributed by atoms with Crippen LogP contribution in [0.25, 0.3) is 0 Å². The Bertz CT molecular complexity index is 540. The van der Waals surface area contributed by atoms with Gasteiger partial charge in [-0.3, -0.25) is 0 Å². The van der Waals surface area contributed by atoms with Crippen molar-refractivity contribution in [2.24, 2.45) is 5.92 Å². The summed E-state index contributed by atoms with van der Waals surface area (Å²) in [6, 6.07) is 3.32. The number of nitrogen functional groups attached to an aromatic ring is 1. The zero-order chi connectivity index (χ0) is 13.9. The lowest BCUT2D eigenvalue weighted by Gasteiger charge is -2.11. The molecule has 0 bridgehead atoms. The minimum atomic E-state index is -3.64. The molecule has 3 N–H and O–H groups in total. The van der Waals surface area contributed by atoms with Gasteiger partial charge in [-0.25, -0.2) is 17.5 Å². The van der Waals surface area contributed by atoms with Crippen molar-refractivity contribution in [3.63, 3.8) is 0 Å². The number of hydrogen-bond acceptors (Lipinski definition) is 3. The molecule has 0 aromatic heterocycles. The van der Waals surface area contributed by atoms with E-state index >= 15 is 0 Å². The van der Waals surface area contributed by atoms with E-state index in [1.807, 2.05) is 0 Å². The van der Waals surface area contributed by atoms with E-state index in [0.717, 1.165) is 18.6 Å². The van der Waals surface area contributed by atoms with Crippen LogP contribution in [-0.4, -0.2) is 15.0 Å². The summed E-state index contributed by atoms with van der Waals surface area (Å²) in [7, 11) is -3.64. The number of nitrogens with two attached hydrogens (primary N) is 1. The van der Waals surface area contributed by atoms with Gasteiger partial charge in [0.15, 0.2) is 0 Å². The van der Waals surface area contributed by atoms with Gasteiger partial charge >= 0.3 is 0 Å². The lowest BCUT2D eigenvalue weighted by molar-refractivity contribution is 0.496. The summed E-state index contributed by atoms with van der Waals surface area (Å²) in [5.41, 5.74) is 5.48. The molecule has 0 unspecified atom stereocenters. The first-order chi connectivity index (χ1) is 8.99. The largest absolute Gasteiger partial charge is 0.398 e. The summed E-state index contributed by atoms with van der Waals surface area (Å²) < 4.78 is 39.5. The van der Waals surface area contributed by atoms with Crippen molar-refractivity contribution in [3.05, 3.63) is 24.0 Å². The summed E-state index contributed by atoms with van der Waals surface area (Å²) in [6.45, 7) is 0.407. The predicted octanol–water partition coefficient (Wildman–Crippen LogP) is 2.27. The molecule has 0 heterocycles. The van der Waals surface area contributed by atoms with Crippen molar-refractivity contribution in [1.29, 1.82) is 0 Å². The Labute approximate surface area is 113 Å². The van der Waals surface area contributed by atoms with E-state index in [-0.39, 0.29) is 10.6 Å². The van der Waals surface area contributed by atoms with Crippen molar-refractivity contribution >= 4 is 15.7 Å². The van der Waals surface area contributed by atoms with Crippen LogP contribution in [0.15, 0.2) is 23.1 Å². The molecule has 0 saturated heterocycles. The minimum absolute atomic E-state index is 0.0553. The van der Waals surface area contributed by atoms with Crippen molar-refractivity contribution in [3.8, 4) is 0 Å². The number of hydrogen-bond donors (Lipinski definition) is 2. The van der Waals surface area contributed by atoms with Crippen LogP contribution in [0.1, 0.15) is 32.1 Å². The van der Waals surface area contributed by atoms with Crippen LogP contribution in [0.3, 0.4) is 0 Å². The average Bonchev–Trinajstić information content (AvgIpc) is 2.81. The highest BCUT2D eigenvalue weighted by Gasteiger charge is 2.19. The zero-order valence-corrected chi connectivity index (χ0v) is 11.5. The van der Waals surface area contributed by atoms with Crippen LogP contribution in [0.2, 0.25) is 0 Å². The van der Waals surface area contributed by atoms with Gasteiger partial charge in [-0.05, 0) is 30.5 Å². The van der Waals surface area contributed by atoms with Gasteiger partial charge in [0, 0.05) is 6.54 Å². The standard InChI is InChI=1S/C13H19FN2O2S/c14-11-5-6-13(12(15)9-11)19(17,18)16-8-7-10-3-1-2-4-10/h5-6,9-10,16H,1-4,7-8,15H2. The van der Waals surface area contributed by atoms with Crippen molar-refractivity contribution in [1.82, 2.24) is 4.72 Å². The SMILES string of the molecule is Nc1cc(F)ccc1S(=O)(=O)NCCC1CCCC1. The summed E-state index contributed by atoms with van der Waals surface area (Å²) in [4.78, 5) is -0.0553. The number of nitrogens with one attached hydrogen (secondary N) is 1. The molecule has 0 atom stereocenters. The average molecular weight is 286 g/mol. The lowest BCUT2D eigenvalue weighted by Crippen LogP contribution is -2.26. The zero-order valence-electron chi connectivity index (χ0n) is 10.7. The van der Waals surface area contributed by atoms with E-state index in [9.17, 15) is 12.8 Å². The Morgan fingerprint density at radius 3 is 2.63 bits per heavy atom. The highest BCUT2D eigenvalue weighted by atomic mass is 32.2. The Kier molecular flexibility index (Phi) is 4.42. The highest BCUT2D eigenvalue weighted by molar-refractivity contribution is 7.89. The second-order valence-electron chi connectivity index (χ2n) is 5.02. The Balaban J connectivity index is 1.97. The summed E-state index contributed by atoms with van der Waals surface area (Å²) in [5, 5.41) is 0. The second-order valence-corrected chi connectivity index (χ2v) is 6.75. The van der Waals surface area contributed by atoms with E-state index in [4.69, 9.17) is 5.73 Å². The first-order valence-electron chi connectivity index (χ1n) is 6.54. The van der Waals surface area contributed by atoms with E-state index in [1.165, 1.54) is 31.7 Å². The maximum absolute atomic E-state index is 12.9. The first kappa shape index (κ1) is 14.3. The predicted molar refractivity (Wildman–Crippen MR) is 72.6 cm³/mol. The number of anilines is 1. The Morgan fingerprint density at radius 2 is 2.00 bits per heavy atom. The smallest absolute Gasteiger partial charge is 0.242 e. The third kappa shape index (κ3) is 3.67. The van der Waals surface area contributed by atoms with Gasteiger partial charge in [-0.15, -0.1) is 0 Å². The molecule has 1 saturated carbocycles. The van der Waals surface area contributed by atoms with Gasteiger partial charge in [0.05, 0.1) is 5.69 Å². The van der Waals surface area contributed by atoms with Gasteiger partial charge in [-0.1, -0.05) is 25.7 Å². The second kappa shape index (κ2) is 5.88. The molecular weight excluding hydrogens is 267 g/mol. The fourth-order valence-corrected chi connectivity index (χ4v) is 3.70. The molecule has 19 heavy (non-hydrogen) atoms. The molecule has 1 aromatic carbocycles. The third-order valence-electron chi connectivity index (χ3n) is 3.58. The van der Waals surface area contributed by atoms with Crippen LogP contribution < -0.4 is 10.5 Å². The van der Waals surface area contributed by atoms with Gasteiger partial charge in [0.25, 0.3) is 0 Å². The molecule has 1 aromatic rings. The highest BCUT2D eigenvalue weighted by Crippen LogP contribution is 2.27. The summed E-state index contributed by atoms with van der Waals surface area (Å²) in [5.74, 6) is 0.0793. The normalized spacial score (nSPS) is 16.9. The van der Waals surface area contributed by atoms with Gasteiger partial charge < -0.3 is 5.73 Å². The number of benzene rings is 1. The molecule has 1 fully saturated rings. The molecule has 0 spiro atoms.